The van der Waals surface area contributed by atoms with Crippen molar-refractivity contribution in [1.82, 2.24) is 14.5 Å². The summed E-state index contributed by atoms with van der Waals surface area (Å²) in [6.45, 7) is 1.47. The van der Waals surface area contributed by atoms with Crippen LogP contribution in [0.3, 0.4) is 0 Å². The number of aliphatic hydroxyl groups is 1. The van der Waals surface area contributed by atoms with Gasteiger partial charge in [-0.2, -0.15) is 18.4 Å². The predicted octanol–water partition coefficient (Wildman–Crippen LogP) is 2.25. The first-order valence-electron chi connectivity index (χ1n) is 7.07. The lowest BCUT2D eigenvalue weighted by atomic mass is 9.97. The summed E-state index contributed by atoms with van der Waals surface area (Å²) in [7, 11) is 1.38. The molecule has 2 N–H and O–H groups in total. The molecule has 0 aromatic carbocycles. The van der Waals surface area contributed by atoms with Gasteiger partial charge in [-0.25, -0.2) is 9.97 Å². The van der Waals surface area contributed by atoms with Crippen molar-refractivity contribution in [2.75, 3.05) is 11.9 Å². The van der Waals surface area contributed by atoms with Crippen LogP contribution in [-0.2, 0) is 12.6 Å². The van der Waals surface area contributed by atoms with E-state index in [0.29, 0.717) is 11.3 Å². The van der Waals surface area contributed by atoms with Gasteiger partial charge in [0.05, 0.1) is 11.6 Å². The summed E-state index contributed by atoms with van der Waals surface area (Å²) in [5, 5.41) is 21.8. The number of nitrogens with one attached hydrogen (secondary N) is 1. The fourth-order valence-corrected chi connectivity index (χ4v) is 2.34. The molecule has 0 fully saturated rings. The van der Waals surface area contributed by atoms with Gasteiger partial charge in [0, 0.05) is 38.1 Å². The third kappa shape index (κ3) is 3.49. The summed E-state index contributed by atoms with van der Waals surface area (Å²) < 4.78 is 41.2. The molecule has 0 aliphatic rings. The average molecular weight is 339 g/mol. The lowest BCUT2D eigenvalue weighted by Gasteiger charge is -2.30. The van der Waals surface area contributed by atoms with Crippen molar-refractivity contribution in [2.24, 2.45) is 7.05 Å². The van der Waals surface area contributed by atoms with Crippen molar-refractivity contribution in [2.45, 2.75) is 25.1 Å². The number of anilines is 1. The van der Waals surface area contributed by atoms with Crippen molar-refractivity contribution in [3.63, 3.8) is 0 Å². The molecule has 128 valence electrons. The molecule has 0 radical (unpaired) electrons. The number of halogens is 3. The van der Waals surface area contributed by atoms with Gasteiger partial charge in [-0.1, -0.05) is 0 Å². The number of aryl methyl sites for hydroxylation is 2. The topological polar surface area (TPSA) is 86.8 Å². The molecular weight excluding hydrogens is 323 g/mol. The number of nitrogens with zero attached hydrogens (tertiary/aromatic N) is 4. The van der Waals surface area contributed by atoms with Crippen molar-refractivity contribution >= 4 is 5.82 Å². The molecule has 2 heterocycles. The Morgan fingerprint density at radius 3 is 2.62 bits per heavy atom. The van der Waals surface area contributed by atoms with Crippen molar-refractivity contribution < 1.29 is 18.3 Å². The Bertz CT molecular complexity index is 765. The Morgan fingerprint density at radius 1 is 1.38 bits per heavy atom. The van der Waals surface area contributed by atoms with Crippen LogP contribution < -0.4 is 5.32 Å². The summed E-state index contributed by atoms with van der Waals surface area (Å²) >= 11 is 0. The van der Waals surface area contributed by atoms with E-state index in [4.69, 9.17) is 5.26 Å². The number of pyridine rings is 1. The Balaban J connectivity index is 2.17. The largest absolute Gasteiger partial charge is 0.424 e. The molecule has 0 aliphatic carbocycles. The molecule has 0 amide bonds. The zero-order chi connectivity index (χ0) is 18.0. The van der Waals surface area contributed by atoms with Gasteiger partial charge in [-0.3, -0.25) is 0 Å². The highest BCUT2D eigenvalue weighted by atomic mass is 19.4. The molecule has 6 nitrogen and oxygen atoms in total. The molecular formula is C15H16F3N5O. The summed E-state index contributed by atoms with van der Waals surface area (Å²) in [5.41, 5.74) is -2.17. The molecule has 2 aromatic heterocycles. The molecule has 0 spiro atoms. The second-order valence-electron chi connectivity index (χ2n) is 5.39. The minimum absolute atomic E-state index is 0.204. The maximum atomic E-state index is 13.4. The van der Waals surface area contributed by atoms with E-state index in [1.165, 1.54) is 25.5 Å². The predicted molar refractivity (Wildman–Crippen MR) is 80.0 cm³/mol. The van der Waals surface area contributed by atoms with E-state index in [-0.39, 0.29) is 12.4 Å². The highest BCUT2D eigenvalue weighted by Gasteiger charge is 2.57. The molecule has 1 atom stereocenters. The van der Waals surface area contributed by atoms with Gasteiger partial charge in [0.15, 0.2) is 0 Å². The van der Waals surface area contributed by atoms with Gasteiger partial charge in [-0.05, 0) is 19.1 Å². The first kappa shape index (κ1) is 17.7. The minimum Gasteiger partial charge on any atom is -0.374 e. The standard InChI is InChI=1S/C15H16F3N5O/c1-10-7-11(9-19)8-12(22-10)20-4-3-14(24,15(16,17)18)13-21-5-6-23(13)2/h5-8,24H,3-4H2,1-2H3,(H,20,22)/t14-/m0/s1. The molecule has 0 saturated carbocycles. The SMILES string of the molecule is Cc1cc(C#N)cc(NCC[C@](O)(c2nccn2C)C(F)(F)F)n1. The Morgan fingerprint density at radius 2 is 2.08 bits per heavy atom. The zero-order valence-corrected chi connectivity index (χ0v) is 13.1. The average Bonchev–Trinajstić information content (AvgIpc) is 2.92. The minimum atomic E-state index is -4.88. The Hall–Kier alpha value is -2.60. The second kappa shape index (κ2) is 6.49. The zero-order valence-electron chi connectivity index (χ0n) is 13.1. The van der Waals surface area contributed by atoms with Gasteiger partial charge in [0.1, 0.15) is 11.6 Å². The van der Waals surface area contributed by atoms with Crippen LogP contribution in [-0.4, -0.2) is 32.4 Å². The third-order valence-corrected chi connectivity index (χ3v) is 3.54. The van der Waals surface area contributed by atoms with Crippen molar-refractivity contribution in [3.8, 4) is 6.07 Å². The van der Waals surface area contributed by atoms with Gasteiger partial charge >= 0.3 is 6.18 Å². The van der Waals surface area contributed by atoms with Crippen LogP contribution >= 0.6 is 0 Å². The highest BCUT2D eigenvalue weighted by Crippen LogP contribution is 2.40. The van der Waals surface area contributed by atoms with Crippen LogP contribution in [0.1, 0.15) is 23.5 Å². The lowest BCUT2D eigenvalue weighted by molar-refractivity contribution is -0.271. The highest BCUT2D eigenvalue weighted by molar-refractivity contribution is 5.44. The second-order valence-corrected chi connectivity index (χ2v) is 5.39. The molecule has 2 aromatic rings. The Labute approximate surface area is 136 Å². The molecule has 24 heavy (non-hydrogen) atoms. The van der Waals surface area contributed by atoms with Gasteiger partial charge in [0.25, 0.3) is 0 Å². The summed E-state index contributed by atoms with van der Waals surface area (Å²) in [4.78, 5) is 7.73. The van der Waals surface area contributed by atoms with E-state index in [1.807, 2.05) is 6.07 Å². The fraction of sp³-hybridized carbons (Fsp3) is 0.400. The van der Waals surface area contributed by atoms with Crippen LogP contribution in [0.25, 0.3) is 0 Å². The van der Waals surface area contributed by atoms with E-state index in [2.05, 4.69) is 15.3 Å². The van der Waals surface area contributed by atoms with Crippen molar-refractivity contribution in [1.29, 1.82) is 5.26 Å². The lowest BCUT2D eigenvalue weighted by Crippen LogP contribution is -2.45. The smallest absolute Gasteiger partial charge is 0.374 e. The molecule has 2 rings (SSSR count). The van der Waals surface area contributed by atoms with E-state index < -0.39 is 24.0 Å². The number of alkyl halides is 3. The van der Waals surface area contributed by atoms with Gasteiger partial charge in [-0.15, -0.1) is 0 Å². The van der Waals surface area contributed by atoms with E-state index >= 15 is 0 Å². The Kier molecular flexibility index (Phi) is 4.80. The van der Waals surface area contributed by atoms with Gasteiger partial charge < -0.3 is 15.0 Å². The molecule has 0 saturated heterocycles. The van der Waals surface area contributed by atoms with Crippen LogP contribution in [0.4, 0.5) is 19.0 Å². The number of aromatic nitrogens is 3. The molecule has 0 aliphatic heterocycles. The summed E-state index contributed by atoms with van der Waals surface area (Å²) in [6, 6.07) is 4.94. The van der Waals surface area contributed by atoms with Crippen LogP contribution in [0.5, 0.6) is 0 Å². The number of hydrogen-bond acceptors (Lipinski definition) is 5. The normalized spacial score (nSPS) is 14.0. The van der Waals surface area contributed by atoms with E-state index in [9.17, 15) is 18.3 Å². The maximum absolute atomic E-state index is 13.4. The van der Waals surface area contributed by atoms with E-state index in [0.717, 1.165) is 4.57 Å². The van der Waals surface area contributed by atoms with Gasteiger partial charge in [0.2, 0.25) is 5.60 Å². The number of imidazole rings is 1. The molecule has 9 heteroatoms. The van der Waals surface area contributed by atoms with Crippen LogP contribution in [0, 0.1) is 18.3 Å². The van der Waals surface area contributed by atoms with Crippen LogP contribution in [0.2, 0.25) is 0 Å². The third-order valence-electron chi connectivity index (χ3n) is 3.54. The quantitative estimate of drug-likeness (QED) is 0.872. The van der Waals surface area contributed by atoms with Crippen molar-refractivity contribution in [3.05, 3.63) is 41.6 Å². The molecule has 0 bridgehead atoms. The van der Waals surface area contributed by atoms with E-state index in [1.54, 1.807) is 13.0 Å². The monoisotopic (exact) mass is 339 g/mol. The first-order valence-corrected chi connectivity index (χ1v) is 7.07. The first-order chi connectivity index (χ1) is 11.2. The number of rotatable bonds is 5. The summed E-state index contributed by atoms with van der Waals surface area (Å²) in [6.07, 6.45) is -3.01. The maximum Gasteiger partial charge on any atom is 0.424 e. The van der Waals surface area contributed by atoms with Crippen LogP contribution in [0.15, 0.2) is 24.5 Å². The molecule has 0 unspecified atom stereocenters. The fourth-order valence-electron chi connectivity index (χ4n) is 2.34. The summed E-state index contributed by atoms with van der Waals surface area (Å²) in [5.74, 6) is -0.206. The number of hydrogen-bond donors (Lipinski definition) is 2. The number of nitriles is 1.